The molecule has 0 saturated carbocycles. The molecule has 1 rings (SSSR count). The molecular formula is C11H12BrF3OS. The second-order valence-corrected chi connectivity index (χ2v) is 5.47. The molecule has 0 aromatic heterocycles. The summed E-state index contributed by atoms with van der Waals surface area (Å²) >= 11 is 4.68. The minimum Gasteiger partial charge on any atom is -0.392 e. The van der Waals surface area contributed by atoms with Gasteiger partial charge in [-0.1, -0.05) is 12.1 Å². The molecular weight excluding hydrogens is 317 g/mol. The number of alkyl halides is 3. The van der Waals surface area contributed by atoms with Gasteiger partial charge in [-0.3, -0.25) is 0 Å². The molecule has 1 unspecified atom stereocenters. The highest BCUT2D eigenvalue weighted by molar-refractivity contribution is 9.10. The third-order valence-electron chi connectivity index (χ3n) is 2.03. The molecule has 0 amide bonds. The summed E-state index contributed by atoms with van der Waals surface area (Å²) in [5, 5.41) is 9.43. The molecule has 0 aliphatic carbocycles. The highest BCUT2D eigenvalue weighted by atomic mass is 79.9. The van der Waals surface area contributed by atoms with Crippen molar-refractivity contribution >= 4 is 27.7 Å². The van der Waals surface area contributed by atoms with Gasteiger partial charge in [0.05, 0.1) is 6.10 Å². The molecule has 1 atom stereocenters. The molecule has 0 spiro atoms. The minimum absolute atomic E-state index is 0.249. The summed E-state index contributed by atoms with van der Waals surface area (Å²) < 4.78 is 36.6. The lowest BCUT2D eigenvalue weighted by Gasteiger charge is -2.12. The molecule has 6 heteroatoms. The van der Waals surface area contributed by atoms with E-state index in [0.717, 1.165) is 9.37 Å². The van der Waals surface area contributed by atoms with E-state index in [0.29, 0.717) is 0 Å². The topological polar surface area (TPSA) is 20.2 Å². The zero-order chi connectivity index (χ0) is 12.9. The fraction of sp³-hybridized carbons (Fsp3) is 0.455. The lowest BCUT2D eigenvalue weighted by atomic mass is 10.2. The van der Waals surface area contributed by atoms with Crippen LogP contribution >= 0.6 is 27.7 Å². The maximum absolute atomic E-state index is 11.9. The Balaban J connectivity index is 2.34. The Morgan fingerprint density at radius 2 is 1.94 bits per heavy atom. The van der Waals surface area contributed by atoms with Gasteiger partial charge in [-0.25, -0.2) is 0 Å². The van der Waals surface area contributed by atoms with Gasteiger partial charge in [-0.2, -0.15) is 13.2 Å². The fourth-order valence-corrected chi connectivity index (χ4v) is 2.71. The zero-order valence-corrected chi connectivity index (χ0v) is 11.3. The zero-order valence-electron chi connectivity index (χ0n) is 8.88. The maximum Gasteiger partial charge on any atom is 0.389 e. The van der Waals surface area contributed by atoms with Gasteiger partial charge in [0.25, 0.3) is 0 Å². The van der Waals surface area contributed by atoms with E-state index in [-0.39, 0.29) is 12.2 Å². The average Bonchev–Trinajstić information content (AvgIpc) is 2.24. The third-order valence-corrected chi connectivity index (χ3v) is 4.20. The monoisotopic (exact) mass is 328 g/mol. The van der Waals surface area contributed by atoms with Gasteiger partial charge in [-0.05, 0) is 34.5 Å². The predicted octanol–water partition coefficient (Wildman–Crippen LogP) is 4.24. The molecule has 1 aromatic carbocycles. The first-order valence-electron chi connectivity index (χ1n) is 5.00. The molecule has 17 heavy (non-hydrogen) atoms. The number of benzene rings is 1. The van der Waals surface area contributed by atoms with Crippen LogP contribution in [0.25, 0.3) is 0 Å². The van der Waals surface area contributed by atoms with Crippen molar-refractivity contribution in [1.29, 1.82) is 0 Å². The molecule has 1 aromatic rings. The molecule has 0 saturated heterocycles. The van der Waals surface area contributed by atoms with Crippen molar-refractivity contribution in [1.82, 2.24) is 0 Å². The van der Waals surface area contributed by atoms with Crippen molar-refractivity contribution in [2.45, 2.75) is 30.0 Å². The van der Waals surface area contributed by atoms with Crippen molar-refractivity contribution in [2.24, 2.45) is 0 Å². The molecule has 0 bridgehead atoms. The van der Waals surface area contributed by atoms with E-state index in [1.807, 2.05) is 24.3 Å². The van der Waals surface area contributed by atoms with Crippen LogP contribution in [0.3, 0.4) is 0 Å². The molecule has 1 N–H and O–H groups in total. The van der Waals surface area contributed by atoms with Crippen LogP contribution in [0.5, 0.6) is 0 Å². The van der Waals surface area contributed by atoms with Crippen LogP contribution in [0.2, 0.25) is 0 Å². The Morgan fingerprint density at radius 1 is 1.29 bits per heavy atom. The molecule has 1 nitrogen and oxygen atoms in total. The van der Waals surface area contributed by atoms with E-state index in [4.69, 9.17) is 0 Å². The van der Waals surface area contributed by atoms with E-state index in [2.05, 4.69) is 15.9 Å². The SMILES string of the molecule is OC(CCC(F)(F)F)CSc1ccccc1Br. The standard InChI is InChI=1S/C11H12BrF3OS/c12-9-3-1-2-4-10(9)17-7-8(16)5-6-11(13,14)15/h1-4,8,16H,5-7H2. The molecule has 0 fully saturated rings. The van der Waals surface area contributed by atoms with Crippen LogP contribution in [-0.2, 0) is 0 Å². The van der Waals surface area contributed by atoms with E-state index in [9.17, 15) is 18.3 Å². The third kappa shape index (κ3) is 6.33. The predicted molar refractivity (Wildman–Crippen MR) is 66.2 cm³/mol. The smallest absolute Gasteiger partial charge is 0.389 e. The van der Waals surface area contributed by atoms with E-state index < -0.39 is 18.7 Å². The quantitative estimate of drug-likeness (QED) is 0.815. The van der Waals surface area contributed by atoms with E-state index >= 15 is 0 Å². The Labute approximate surface area is 111 Å². The first-order chi connectivity index (χ1) is 7.88. The molecule has 0 heterocycles. The number of rotatable bonds is 5. The van der Waals surface area contributed by atoms with Crippen molar-refractivity contribution in [3.63, 3.8) is 0 Å². The van der Waals surface area contributed by atoms with E-state index in [1.54, 1.807) is 0 Å². The number of hydrogen-bond acceptors (Lipinski definition) is 2. The van der Waals surface area contributed by atoms with Crippen molar-refractivity contribution in [3.8, 4) is 0 Å². The molecule has 0 radical (unpaired) electrons. The van der Waals surface area contributed by atoms with Gasteiger partial charge in [-0.15, -0.1) is 11.8 Å². The lowest BCUT2D eigenvalue weighted by Crippen LogP contribution is -2.16. The summed E-state index contributed by atoms with van der Waals surface area (Å²) in [6.07, 6.45) is -6.32. The normalized spacial score (nSPS) is 13.7. The van der Waals surface area contributed by atoms with Crippen LogP contribution < -0.4 is 0 Å². The highest BCUT2D eigenvalue weighted by Gasteiger charge is 2.27. The second kappa shape index (κ2) is 6.66. The summed E-state index contributed by atoms with van der Waals surface area (Å²) in [7, 11) is 0. The number of hydrogen-bond donors (Lipinski definition) is 1. The van der Waals surface area contributed by atoms with Crippen molar-refractivity contribution in [2.75, 3.05) is 5.75 Å². The number of aliphatic hydroxyl groups excluding tert-OH is 1. The molecule has 96 valence electrons. The van der Waals surface area contributed by atoms with Crippen LogP contribution in [0.15, 0.2) is 33.6 Å². The number of thioether (sulfide) groups is 1. The summed E-state index contributed by atoms with van der Waals surface area (Å²) in [6, 6.07) is 7.40. The fourth-order valence-electron chi connectivity index (χ4n) is 1.16. The summed E-state index contributed by atoms with van der Waals surface area (Å²) in [4.78, 5) is 0.915. The van der Waals surface area contributed by atoms with Gasteiger partial charge >= 0.3 is 6.18 Å². The van der Waals surface area contributed by atoms with Crippen molar-refractivity contribution in [3.05, 3.63) is 28.7 Å². The van der Waals surface area contributed by atoms with Gasteiger partial charge in [0.15, 0.2) is 0 Å². The van der Waals surface area contributed by atoms with Crippen LogP contribution in [0.4, 0.5) is 13.2 Å². The molecule has 0 aliphatic heterocycles. The Morgan fingerprint density at radius 3 is 2.53 bits per heavy atom. The van der Waals surface area contributed by atoms with Crippen LogP contribution in [-0.4, -0.2) is 23.1 Å². The van der Waals surface area contributed by atoms with Crippen LogP contribution in [0.1, 0.15) is 12.8 Å². The first-order valence-corrected chi connectivity index (χ1v) is 6.78. The lowest BCUT2D eigenvalue weighted by molar-refractivity contribution is -0.139. The summed E-state index contributed by atoms with van der Waals surface area (Å²) in [6.45, 7) is 0. The van der Waals surface area contributed by atoms with Gasteiger partial charge in [0.2, 0.25) is 0 Å². The Hall–Kier alpha value is -0.200. The summed E-state index contributed by atoms with van der Waals surface area (Å²) in [5.41, 5.74) is 0. The number of halogens is 4. The van der Waals surface area contributed by atoms with Gasteiger partial charge in [0, 0.05) is 21.5 Å². The summed E-state index contributed by atoms with van der Waals surface area (Å²) in [5.74, 6) is 0.263. The Bertz CT molecular complexity index is 357. The van der Waals surface area contributed by atoms with Gasteiger partial charge in [0.1, 0.15) is 0 Å². The minimum atomic E-state index is -4.20. The molecule has 0 aliphatic rings. The van der Waals surface area contributed by atoms with E-state index in [1.165, 1.54) is 11.8 Å². The number of aliphatic hydroxyl groups is 1. The first kappa shape index (κ1) is 14.9. The van der Waals surface area contributed by atoms with Crippen LogP contribution in [0, 0.1) is 0 Å². The van der Waals surface area contributed by atoms with Crippen molar-refractivity contribution < 1.29 is 18.3 Å². The second-order valence-electron chi connectivity index (χ2n) is 3.55. The maximum atomic E-state index is 11.9. The highest BCUT2D eigenvalue weighted by Crippen LogP contribution is 2.29. The Kier molecular flexibility index (Phi) is 5.82. The average molecular weight is 329 g/mol. The largest absolute Gasteiger partial charge is 0.392 e. The van der Waals surface area contributed by atoms with Gasteiger partial charge < -0.3 is 5.11 Å².